The Morgan fingerprint density at radius 2 is 1.79 bits per heavy atom. The second-order valence-corrected chi connectivity index (χ2v) is 7.38. The molecule has 2 heterocycles. The number of nitro benzene ring substituents is 1. The molecular formula is C23H18F2N4O5. The summed E-state index contributed by atoms with van der Waals surface area (Å²) in [5.74, 6) is -2.45. The molecule has 0 aliphatic heterocycles. The predicted molar refractivity (Wildman–Crippen MR) is 118 cm³/mol. The lowest BCUT2D eigenvalue weighted by atomic mass is 10.1. The minimum absolute atomic E-state index is 0.0230. The van der Waals surface area contributed by atoms with Gasteiger partial charge in [0.2, 0.25) is 5.78 Å². The molecule has 0 bridgehead atoms. The Bertz CT molecular complexity index is 1470. The SMILES string of the molecule is CCOC(=O)c1cn(Cc2c(F)cccc2F)c2nc(-c3ccc([N+](=O)[O-])cc3)c(C)n2c1=O. The van der Waals surface area contributed by atoms with Crippen molar-refractivity contribution in [2.75, 3.05) is 6.61 Å². The van der Waals surface area contributed by atoms with Crippen LogP contribution in [-0.4, -0.2) is 31.5 Å². The maximum atomic E-state index is 14.4. The molecule has 0 saturated heterocycles. The largest absolute Gasteiger partial charge is 0.462 e. The van der Waals surface area contributed by atoms with E-state index < -0.39 is 28.1 Å². The number of fused-ring (bicyclic) bond motifs is 1. The zero-order chi connectivity index (χ0) is 24.6. The smallest absolute Gasteiger partial charge is 0.345 e. The topological polar surface area (TPSA) is 109 Å². The highest BCUT2D eigenvalue weighted by molar-refractivity contribution is 5.89. The minimum atomic E-state index is -0.887. The number of nitro groups is 1. The van der Waals surface area contributed by atoms with Crippen LogP contribution in [-0.2, 0) is 11.3 Å². The Hall–Kier alpha value is -4.41. The van der Waals surface area contributed by atoms with Crippen LogP contribution in [0.15, 0.2) is 53.5 Å². The quantitative estimate of drug-likeness (QED) is 0.241. The van der Waals surface area contributed by atoms with Crippen molar-refractivity contribution in [3.8, 4) is 11.3 Å². The van der Waals surface area contributed by atoms with Gasteiger partial charge in [-0.25, -0.2) is 23.0 Å². The van der Waals surface area contributed by atoms with E-state index in [4.69, 9.17) is 4.74 Å². The molecule has 0 aliphatic carbocycles. The summed E-state index contributed by atoms with van der Waals surface area (Å²) in [5, 5.41) is 11.0. The first kappa shape index (κ1) is 22.8. The average Bonchev–Trinajstić information content (AvgIpc) is 3.15. The minimum Gasteiger partial charge on any atom is -0.462 e. The lowest BCUT2D eigenvalue weighted by Gasteiger charge is -2.12. The van der Waals surface area contributed by atoms with E-state index in [0.717, 1.165) is 22.7 Å². The molecule has 9 nitrogen and oxygen atoms in total. The number of carbonyl (C=O) groups is 1. The van der Waals surface area contributed by atoms with E-state index in [0.29, 0.717) is 17.0 Å². The summed E-state index contributed by atoms with van der Waals surface area (Å²) in [4.78, 5) is 40.5. The van der Waals surface area contributed by atoms with Crippen molar-refractivity contribution < 1.29 is 23.2 Å². The van der Waals surface area contributed by atoms with E-state index in [2.05, 4.69) is 4.98 Å². The molecule has 0 spiro atoms. The highest BCUT2D eigenvalue weighted by atomic mass is 19.1. The average molecular weight is 468 g/mol. The number of ether oxygens (including phenoxy) is 1. The van der Waals surface area contributed by atoms with Gasteiger partial charge in [0, 0.05) is 29.5 Å². The van der Waals surface area contributed by atoms with Gasteiger partial charge in [0.25, 0.3) is 11.2 Å². The fraction of sp³-hybridized carbons (Fsp3) is 0.174. The first-order chi connectivity index (χ1) is 16.2. The number of carbonyl (C=O) groups excluding carboxylic acids is 1. The van der Waals surface area contributed by atoms with Crippen molar-refractivity contribution in [1.82, 2.24) is 14.0 Å². The summed E-state index contributed by atoms with van der Waals surface area (Å²) in [6.07, 6.45) is 1.16. The van der Waals surface area contributed by atoms with Crippen LogP contribution in [0.2, 0.25) is 0 Å². The Morgan fingerprint density at radius 3 is 2.38 bits per heavy atom. The van der Waals surface area contributed by atoms with Gasteiger partial charge in [-0.1, -0.05) is 6.07 Å². The van der Waals surface area contributed by atoms with Gasteiger partial charge in [-0.05, 0) is 38.1 Å². The number of halogens is 2. The fourth-order valence-corrected chi connectivity index (χ4v) is 3.65. The van der Waals surface area contributed by atoms with Crippen molar-refractivity contribution in [3.63, 3.8) is 0 Å². The van der Waals surface area contributed by atoms with E-state index in [9.17, 15) is 28.5 Å². The number of aromatic nitrogens is 3. The molecule has 11 heteroatoms. The van der Waals surface area contributed by atoms with Crippen molar-refractivity contribution in [2.45, 2.75) is 20.4 Å². The molecule has 0 atom stereocenters. The van der Waals surface area contributed by atoms with Crippen LogP contribution in [0.4, 0.5) is 14.5 Å². The first-order valence-corrected chi connectivity index (χ1v) is 10.2. The van der Waals surface area contributed by atoms with Crippen molar-refractivity contribution in [1.29, 1.82) is 0 Å². The fourth-order valence-electron chi connectivity index (χ4n) is 3.65. The number of imidazole rings is 1. The number of hydrogen-bond donors (Lipinski definition) is 0. The normalized spacial score (nSPS) is 11.1. The van der Waals surface area contributed by atoms with Gasteiger partial charge in [-0.15, -0.1) is 0 Å². The summed E-state index contributed by atoms with van der Waals surface area (Å²) in [6.45, 7) is 2.83. The molecule has 2 aromatic carbocycles. The van der Waals surface area contributed by atoms with Crippen LogP contribution in [0.3, 0.4) is 0 Å². The van der Waals surface area contributed by atoms with Gasteiger partial charge >= 0.3 is 5.97 Å². The third kappa shape index (κ3) is 3.91. The Kier molecular flexibility index (Phi) is 5.93. The van der Waals surface area contributed by atoms with Gasteiger partial charge in [-0.3, -0.25) is 14.9 Å². The molecule has 0 saturated carbocycles. The molecule has 0 unspecified atom stereocenters. The van der Waals surface area contributed by atoms with E-state index in [-0.39, 0.29) is 35.7 Å². The van der Waals surface area contributed by atoms with Crippen LogP contribution in [0, 0.1) is 28.7 Å². The lowest BCUT2D eigenvalue weighted by Crippen LogP contribution is -2.27. The van der Waals surface area contributed by atoms with Crippen molar-refractivity contribution >= 4 is 17.4 Å². The molecule has 0 amide bonds. The Labute approximate surface area is 191 Å². The van der Waals surface area contributed by atoms with Gasteiger partial charge in [0.05, 0.1) is 29.5 Å². The molecule has 4 rings (SSSR count). The summed E-state index contributed by atoms with van der Waals surface area (Å²) < 4.78 is 36.1. The number of nitrogens with zero attached hydrogens (tertiary/aromatic N) is 4. The van der Waals surface area contributed by atoms with Crippen molar-refractivity contribution in [3.05, 3.63) is 97.6 Å². The van der Waals surface area contributed by atoms with Gasteiger partial charge in [-0.2, -0.15) is 0 Å². The molecule has 0 fully saturated rings. The maximum Gasteiger partial charge on any atom is 0.345 e. The van der Waals surface area contributed by atoms with Crippen LogP contribution in [0.5, 0.6) is 0 Å². The summed E-state index contributed by atoms with van der Waals surface area (Å²) in [5.41, 5.74) is -0.311. The van der Waals surface area contributed by atoms with Gasteiger partial charge in [0.1, 0.15) is 17.2 Å². The summed E-state index contributed by atoms with van der Waals surface area (Å²) >= 11 is 0. The molecule has 0 radical (unpaired) electrons. The molecule has 174 valence electrons. The van der Waals surface area contributed by atoms with E-state index in [1.807, 2.05) is 0 Å². The van der Waals surface area contributed by atoms with Crippen LogP contribution in [0.25, 0.3) is 17.0 Å². The van der Waals surface area contributed by atoms with Crippen LogP contribution >= 0.6 is 0 Å². The number of aryl methyl sites for hydroxylation is 1. The second-order valence-electron chi connectivity index (χ2n) is 7.38. The highest BCUT2D eigenvalue weighted by Gasteiger charge is 2.23. The van der Waals surface area contributed by atoms with Crippen molar-refractivity contribution in [2.24, 2.45) is 0 Å². The third-order valence-electron chi connectivity index (χ3n) is 5.30. The predicted octanol–water partition coefficient (Wildman–Crippen LogP) is 3.88. The molecule has 4 aromatic rings. The van der Waals surface area contributed by atoms with E-state index >= 15 is 0 Å². The zero-order valence-electron chi connectivity index (χ0n) is 18.1. The molecule has 0 aliphatic rings. The first-order valence-electron chi connectivity index (χ1n) is 10.2. The van der Waals surface area contributed by atoms with Crippen LogP contribution in [0.1, 0.15) is 28.5 Å². The molecule has 0 N–H and O–H groups in total. The monoisotopic (exact) mass is 468 g/mol. The maximum absolute atomic E-state index is 14.4. The summed E-state index contributed by atoms with van der Waals surface area (Å²) in [6, 6.07) is 8.97. The number of benzene rings is 2. The number of hydrogen-bond acceptors (Lipinski definition) is 6. The van der Waals surface area contributed by atoms with E-state index in [1.54, 1.807) is 13.8 Å². The molecule has 34 heavy (non-hydrogen) atoms. The van der Waals surface area contributed by atoms with Gasteiger partial charge in [0.15, 0.2) is 0 Å². The zero-order valence-corrected chi connectivity index (χ0v) is 18.1. The van der Waals surface area contributed by atoms with E-state index in [1.165, 1.54) is 34.9 Å². The molecular weight excluding hydrogens is 450 g/mol. The highest BCUT2D eigenvalue weighted by Crippen LogP contribution is 2.26. The third-order valence-corrected chi connectivity index (χ3v) is 5.30. The number of non-ortho nitro benzene ring substituents is 1. The standard InChI is InChI=1S/C23H18F2N4O5/c1-3-34-22(31)17-12-27(11-16-18(24)5-4-6-19(16)25)23-26-20(13(2)28(23)21(17)30)14-7-9-15(10-8-14)29(32)33/h4-10,12H,3,11H2,1-2H3. The van der Waals surface area contributed by atoms with Crippen LogP contribution < -0.4 is 5.56 Å². The van der Waals surface area contributed by atoms with Gasteiger partial charge < -0.3 is 9.30 Å². The lowest BCUT2D eigenvalue weighted by molar-refractivity contribution is -0.384. The Balaban J connectivity index is 1.97. The summed E-state index contributed by atoms with van der Waals surface area (Å²) in [7, 11) is 0. The second kappa shape index (κ2) is 8.85. The molecule has 2 aromatic heterocycles. The number of esters is 1. The Morgan fingerprint density at radius 1 is 1.15 bits per heavy atom. The number of rotatable bonds is 6.